The Morgan fingerprint density at radius 2 is 1.67 bits per heavy atom. The van der Waals surface area contributed by atoms with Gasteiger partial charge in [0.05, 0.1) is 19.4 Å². The first-order valence-electron chi connectivity index (χ1n) is 9.75. The van der Waals surface area contributed by atoms with E-state index in [1.165, 1.54) is 6.08 Å². The summed E-state index contributed by atoms with van der Waals surface area (Å²) < 4.78 is 16.8. The van der Waals surface area contributed by atoms with Crippen molar-refractivity contribution in [2.24, 2.45) is 0 Å². The van der Waals surface area contributed by atoms with Crippen LogP contribution < -0.4 is 19.5 Å². The highest BCUT2D eigenvalue weighted by molar-refractivity contribution is 6.02. The first kappa shape index (κ1) is 21.0. The fourth-order valence-electron chi connectivity index (χ4n) is 2.84. The maximum atomic E-state index is 12.3. The molecule has 0 saturated heterocycles. The molecular formula is C25H25NO4. The molecule has 0 heterocycles. The molecule has 5 nitrogen and oxygen atoms in total. The Bertz CT molecular complexity index is 999. The lowest BCUT2D eigenvalue weighted by Gasteiger charge is -2.11. The molecule has 0 radical (unpaired) electrons. The molecule has 0 unspecified atom stereocenters. The molecule has 154 valence electrons. The van der Waals surface area contributed by atoms with Crippen molar-refractivity contribution in [1.82, 2.24) is 0 Å². The van der Waals surface area contributed by atoms with Gasteiger partial charge >= 0.3 is 0 Å². The van der Waals surface area contributed by atoms with Crippen LogP contribution in [0.25, 0.3) is 6.08 Å². The van der Waals surface area contributed by atoms with Gasteiger partial charge in [0.2, 0.25) is 5.91 Å². The summed E-state index contributed by atoms with van der Waals surface area (Å²) in [5, 5.41) is 2.84. The minimum absolute atomic E-state index is 0.245. The number of rotatable bonds is 9. The van der Waals surface area contributed by atoms with E-state index < -0.39 is 0 Å². The van der Waals surface area contributed by atoms with Crippen LogP contribution in [0.4, 0.5) is 5.69 Å². The number of amides is 1. The van der Waals surface area contributed by atoms with Crippen molar-refractivity contribution in [2.45, 2.75) is 13.5 Å². The summed E-state index contributed by atoms with van der Waals surface area (Å²) in [4.78, 5) is 12.3. The fraction of sp³-hybridized carbons (Fsp3) is 0.160. The summed E-state index contributed by atoms with van der Waals surface area (Å²) in [5.74, 6) is 1.65. The van der Waals surface area contributed by atoms with E-state index in [0.717, 1.165) is 11.1 Å². The van der Waals surface area contributed by atoms with Gasteiger partial charge in [0, 0.05) is 6.08 Å². The molecule has 5 heteroatoms. The van der Waals surface area contributed by atoms with Gasteiger partial charge in [-0.15, -0.1) is 0 Å². The first-order chi connectivity index (χ1) is 14.7. The molecular weight excluding hydrogens is 378 g/mol. The summed E-state index contributed by atoms with van der Waals surface area (Å²) in [6.45, 7) is 2.88. The van der Waals surface area contributed by atoms with Gasteiger partial charge in [0.15, 0.2) is 11.5 Å². The largest absolute Gasteiger partial charge is 0.493 e. The Morgan fingerprint density at radius 3 is 2.43 bits per heavy atom. The Morgan fingerprint density at radius 1 is 0.900 bits per heavy atom. The normalized spacial score (nSPS) is 10.6. The van der Waals surface area contributed by atoms with Gasteiger partial charge in [-0.25, -0.2) is 0 Å². The molecule has 0 bridgehead atoms. The van der Waals surface area contributed by atoms with E-state index in [0.29, 0.717) is 36.1 Å². The van der Waals surface area contributed by atoms with Crippen molar-refractivity contribution in [3.8, 4) is 17.2 Å². The smallest absolute Gasteiger partial charge is 0.248 e. The van der Waals surface area contributed by atoms with E-state index in [2.05, 4.69) is 5.32 Å². The fourth-order valence-corrected chi connectivity index (χ4v) is 2.84. The van der Waals surface area contributed by atoms with Crippen LogP contribution in [0, 0.1) is 0 Å². The van der Waals surface area contributed by atoms with Crippen molar-refractivity contribution in [1.29, 1.82) is 0 Å². The number of benzene rings is 3. The zero-order valence-electron chi connectivity index (χ0n) is 17.1. The summed E-state index contributed by atoms with van der Waals surface area (Å²) >= 11 is 0. The second kappa shape index (κ2) is 10.7. The number of para-hydroxylation sites is 2. The van der Waals surface area contributed by atoms with Crippen LogP contribution in [0.5, 0.6) is 17.2 Å². The summed E-state index contributed by atoms with van der Waals surface area (Å²) in [6, 6.07) is 22.8. The van der Waals surface area contributed by atoms with Gasteiger partial charge < -0.3 is 19.5 Å². The molecule has 0 spiro atoms. The van der Waals surface area contributed by atoms with E-state index in [-0.39, 0.29) is 5.91 Å². The van der Waals surface area contributed by atoms with Gasteiger partial charge in [-0.2, -0.15) is 0 Å². The van der Waals surface area contributed by atoms with Crippen LogP contribution in [-0.2, 0) is 11.4 Å². The van der Waals surface area contributed by atoms with Crippen LogP contribution in [0.15, 0.2) is 78.9 Å². The van der Waals surface area contributed by atoms with E-state index in [9.17, 15) is 4.79 Å². The Kier molecular flexibility index (Phi) is 7.50. The molecule has 0 aliphatic heterocycles. The molecule has 3 rings (SSSR count). The van der Waals surface area contributed by atoms with Crippen LogP contribution in [0.3, 0.4) is 0 Å². The maximum absolute atomic E-state index is 12.3. The number of methoxy groups -OCH3 is 1. The number of anilines is 1. The third-order valence-electron chi connectivity index (χ3n) is 4.30. The average Bonchev–Trinajstić information content (AvgIpc) is 2.78. The Labute approximate surface area is 176 Å². The number of carbonyl (C=O) groups excluding carboxylic acids is 1. The zero-order chi connectivity index (χ0) is 21.2. The van der Waals surface area contributed by atoms with Gasteiger partial charge in [-0.3, -0.25) is 4.79 Å². The van der Waals surface area contributed by atoms with Gasteiger partial charge in [0.1, 0.15) is 12.4 Å². The molecule has 3 aromatic rings. The van der Waals surface area contributed by atoms with Crippen molar-refractivity contribution in [3.63, 3.8) is 0 Å². The van der Waals surface area contributed by atoms with Crippen LogP contribution in [-0.4, -0.2) is 19.6 Å². The maximum Gasteiger partial charge on any atom is 0.248 e. The minimum Gasteiger partial charge on any atom is -0.493 e. The Hall–Kier alpha value is -3.73. The van der Waals surface area contributed by atoms with Crippen molar-refractivity contribution >= 4 is 17.7 Å². The quantitative estimate of drug-likeness (QED) is 0.491. The lowest BCUT2D eigenvalue weighted by Crippen LogP contribution is -2.09. The first-order valence-corrected chi connectivity index (χ1v) is 9.75. The number of nitrogens with one attached hydrogen (secondary N) is 1. The molecule has 0 aromatic heterocycles. The predicted molar refractivity (Wildman–Crippen MR) is 119 cm³/mol. The van der Waals surface area contributed by atoms with Crippen molar-refractivity contribution in [3.05, 3.63) is 90.0 Å². The average molecular weight is 403 g/mol. The van der Waals surface area contributed by atoms with Crippen LogP contribution in [0.2, 0.25) is 0 Å². The van der Waals surface area contributed by atoms with E-state index in [1.54, 1.807) is 19.3 Å². The summed E-state index contributed by atoms with van der Waals surface area (Å²) in [5.41, 5.74) is 2.54. The molecule has 0 saturated carbocycles. The van der Waals surface area contributed by atoms with Gasteiger partial charge in [-0.05, 0) is 48.4 Å². The highest BCUT2D eigenvalue weighted by Crippen LogP contribution is 2.29. The molecule has 1 amide bonds. The number of hydrogen-bond acceptors (Lipinski definition) is 4. The topological polar surface area (TPSA) is 56.8 Å². The SMILES string of the molecule is CCOc1ccccc1NC(=O)C=Cc1ccc(OCc2ccccc2)c(OC)c1. The summed E-state index contributed by atoms with van der Waals surface area (Å²) in [6.07, 6.45) is 3.20. The molecule has 1 N–H and O–H groups in total. The third kappa shape index (κ3) is 5.88. The molecule has 0 aliphatic rings. The minimum atomic E-state index is -0.245. The molecule has 0 aliphatic carbocycles. The van der Waals surface area contributed by atoms with E-state index in [1.807, 2.05) is 73.7 Å². The molecule has 0 atom stereocenters. The second-order valence-corrected chi connectivity index (χ2v) is 6.44. The number of hydrogen-bond donors (Lipinski definition) is 1. The van der Waals surface area contributed by atoms with Crippen LogP contribution >= 0.6 is 0 Å². The highest BCUT2D eigenvalue weighted by Gasteiger charge is 2.07. The van der Waals surface area contributed by atoms with Gasteiger partial charge in [-0.1, -0.05) is 48.5 Å². The Balaban J connectivity index is 1.64. The lowest BCUT2D eigenvalue weighted by molar-refractivity contribution is -0.111. The third-order valence-corrected chi connectivity index (χ3v) is 4.30. The van der Waals surface area contributed by atoms with Crippen molar-refractivity contribution in [2.75, 3.05) is 19.0 Å². The van der Waals surface area contributed by atoms with Crippen LogP contribution in [0.1, 0.15) is 18.1 Å². The second-order valence-electron chi connectivity index (χ2n) is 6.44. The predicted octanol–water partition coefficient (Wildman–Crippen LogP) is 5.32. The van der Waals surface area contributed by atoms with Gasteiger partial charge in [0.25, 0.3) is 0 Å². The molecule has 0 fully saturated rings. The molecule has 30 heavy (non-hydrogen) atoms. The monoisotopic (exact) mass is 403 g/mol. The van der Waals surface area contributed by atoms with E-state index >= 15 is 0 Å². The number of carbonyl (C=O) groups is 1. The lowest BCUT2D eigenvalue weighted by atomic mass is 10.2. The zero-order valence-corrected chi connectivity index (χ0v) is 17.1. The molecule has 3 aromatic carbocycles. The highest BCUT2D eigenvalue weighted by atomic mass is 16.5. The standard InChI is InChI=1S/C25H25NO4/c1-3-29-22-12-8-7-11-21(22)26-25(27)16-14-19-13-15-23(24(17-19)28-2)30-18-20-9-5-4-6-10-20/h4-17H,3,18H2,1-2H3,(H,26,27). The van der Waals surface area contributed by atoms with Crippen molar-refractivity contribution < 1.29 is 19.0 Å². The van der Waals surface area contributed by atoms with E-state index in [4.69, 9.17) is 14.2 Å². The number of ether oxygens (including phenoxy) is 3. The summed E-state index contributed by atoms with van der Waals surface area (Å²) in [7, 11) is 1.59.